The molecule has 3 N–H and O–H groups in total. The van der Waals surface area contributed by atoms with Crippen LogP contribution in [0.25, 0.3) is 0 Å². The van der Waals surface area contributed by atoms with Gasteiger partial charge in [-0.2, -0.15) is 0 Å². The zero-order valence-corrected chi connectivity index (χ0v) is 9.94. The molecule has 2 fully saturated rings. The fourth-order valence-electron chi connectivity index (χ4n) is 2.82. The van der Waals surface area contributed by atoms with E-state index in [1.54, 1.807) is 6.92 Å². The second kappa shape index (κ2) is 4.56. The molecule has 0 radical (unpaired) electrons. The van der Waals surface area contributed by atoms with Gasteiger partial charge < -0.3 is 5.73 Å². The Kier molecular flexibility index (Phi) is 3.28. The van der Waals surface area contributed by atoms with Gasteiger partial charge in [-0.1, -0.05) is 19.8 Å². The molecule has 5 heteroatoms. The first kappa shape index (κ1) is 12.2. The lowest BCUT2D eigenvalue weighted by Crippen LogP contribution is -2.44. The van der Waals surface area contributed by atoms with Gasteiger partial charge in [0.2, 0.25) is 11.8 Å². The van der Waals surface area contributed by atoms with Crippen molar-refractivity contribution in [3.63, 3.8) is 0 Å². The molecule has 0 unspecified atom stereocenters. The van der Waals surface area contributed by atoms with Gasteiger partial charge in [-0.25, -0.2) is 0 Å². The summed E-state index contributed by atoms with van der Waals surface area (Å²) >= 11 is 0. The summed E-state index contributed by atoms with van der Waals surface area (Å²) in [5.74, 6) is -2.40. The maximum atomic E-state index is 12.2. The number of carbonyl (C=O) groups excluding carboxylic acids is 3. The van der Waals surface area contributed by atoms with Gasteiger partial charge in [-0.15, -0.1) is 0 Å². The van der Waals surface area contributed by atoms with Crippen molar-refractivity contribution in [1.29, 1.82) is 0 Å². The van der Waals surface area contributed by atoms with Crippen LogP contribution in [0.3, 0.4) is 0 Å². The molecule has 5 nitrogen and oxygen atoms in total. The summed E-state index contributed by atoms with van der Waals surface area (Å²) in [7, 11) is 0. The third-order valence-electron chi connectivity index (χ3n) is 3.99. The summed E-state index contributed by atoms with van der Waals surface area (Å²) in [6.07, 6.45) is 4.08. The number of carbonyl (C=O) groups is 3. The smallest absolute Gasteiger partial charge is 0.238 e. The minimum Gasteiger partial charge on any atom is -0.321 e. The molecule has 1 aliphatic carbocycles. The van der Waals surface area contributed by atoms with Crippen molar-refractivity contribution in [2.24, 2.45) is 23.5 Å². The van der Waals surface area contributed by atoms with Crippen LogP contribution in [0, 0.1) is 17.8 Å². The van der Waals surface area contributed by atoms with Gasteiger partial charge in [0.05, 0.1) is 12.0 Å². The van der Waals surface area contributed by atoms with Crippen LogP contribution in [0.15, 0.2) is 0 Å². The third kappa shape index (κ3) is 2.11. The molecule has 0 aromatic rings. The topological polar surface area (TPSA) is 89.3 Å². The highest BCUT2D eigenvalue weighted by atomic mass is 16.2. The highest BCUT2D eigenvalue weighted by Gasteiger charge is 2.46. The molecular formula is C12H18N2O3. The Morgan fingerprint density at radius 2 is 1.88 bits per heavy atom. The average molecular weight is 238 g/mol. The number of rotatable bonds is 3. The summed E-state index contributed by atoms with van der Waals surface area (Å²) in [6.45, 7) is 1.60. The van der Waals surface area contributed by atoms with Gasteiger partial charge in [0.1, 0.15) is 5.92 Å². The number of ketones is 1. The van der Waals surface area contributed by atoms with E-state index in [0.717, 1.165) is 25.7 Å². The second-order valence-electron chi connectivity index (χ2n) is 5.09. The number of imide groups is 1. The van der Waals surface area contributed by atoms with Crippen molar-refractivity contribution in [1.82, 2.24) is 5.32 Å². The molecule has 0 spiro atoms. The molecular weight excluding hydrogens is 220 g/mol. The van der Waals surface area contributed by atoms with Crippen LogP contribution in [0.1, 0.15) is 32.6 Å². The highest BCUT2D eigenvalue weighted by molar-refractivity contribution is 6.16. The molecule has 2 aliphatic rings. The fourth-order valence-corrected chi connectivity index (χ4v) is 2.82. The van der Waals surface area contributed by atoms with E-state index in [0.29, 0.717) is 0 Å². The third-order valence-corrected chi connectivity index (χ3v) is 3.99. The first-order valence-corrected chi connectivity index (χ1v) is 6.16. The number of hydrogen-bond acceptors (Lipinski definition) is 4. The first-order chi connectivity index (χ1) is 8.02. The summed E-state index contributed by atoms with van der Waals surface area (Å²) < 4.78 is 0. The van der Waals surface area contributed by atoms with Gasteiger partial charge >= 0.3 is 0 Å². The van der Waals surface area contributed by atoms with Gasteiger partial charge in [0.15, 0.2) is 5.78 Å². The normalized spacial score (nSPS) is 31.6. The molecule has 2 rings (SSSR count). The standard InChI is InChI=1S/C12H18N2O3/c1-6-8(12(17)14-11(6)16)10(15)9(13)7-4-2-3-5-7/h6-9H,2-5,13H2,1H3,(H,14,16,17)/t6-,8+,9-/m0/s1. The molecule has 0 aromatic heterocycles. The van der Waals surface area contributed by atoms with Crippen molar-refractivity contribution < 1.29 is 14.4 Å². The van der Waals surface area contributed by atoms with Crippen molar-refractivity contribution in [2.75, 3.05) is 0 Å². The molecule has 1 aliphatic heterocycles. The maximum Gasteiger partial charge on any atom is 0.238 e. The molecule has 1 saturated heterocycles. The van der Waals surface area contributed by atoms with Gasteiger partial charge in [-0.3, -0.25) is 19.7 Å². The number of nitrogens with one attached hydrogen (secondary N) is 1. The van der Waals surface area contributed by atoms with Crippen LogP contribution >= 0.6 is 0 Å². The van der Waals surface area contributed by atoms with Crippen LogP contribution in [0.5, 0.6) is 0 Å². The van der Waals surface area contributed by atoms with Crippen LogP contribution in [-0.2, 0) is 14.4 Å². The number of hydrogen-bond donors (Lipinski definition) is 2. The van der Waals surface area contributed by atoms with Gasteiger partial charge in [-0.05, 0) is 18.8 Å². The molecule has 3 atom stereocenters. The summed E-state index contributed by atoms with van der Waals surface area (Å²) in [5.41, 5.74) is 5.93. The van der Waals surface area contributed by atoms with Crippen LogP contribution in [0.4, 0.5) is 0 Å². The Balaban J connectivity index is 2.08. The monoisotopic (exact) mass is 238 g/mol. The molecule has 0 bridgehead atoms. The summed E-state index contributed by atoms with van der Waals surface area (Å²) in [4.78, 5) is 35.0. The van der Waals surface area contributed by atoms with E-state index in [9.17, 15) is 14.4 Å². The van der Waals surface area contributed by atoms with Gasteiger partial charge in [0.25, 0.3) is 0 Å². The minimum absolute atomic E-state index is 0.179. The SMILES string of the molecule is C[C@@H]1C(=O)NC(=O)[C@H]1C(=O)[C@@H](N)C1CCCC1. The minimum atomic E-state index is -0.877. The Hall–Kier alpha value is -1.23. The molecule has 94 valence electrons. The van der Waals surface area contributed by atoms with Crippen molar-refractivity contribution in [3.05, 3.63) is 0 Å². The average Bonchev–Trinajstić information content (AvgIpc) is 2.87. The lowest BCUT2D eigenvalue weighted by molar-refractivity contribution is -0.134. The van der Waals surface area contributed by atoms with Crippen molar-refractivity contribution >= 4 is 17.6 Å². The quantitative estimate of drug-likeness (QED) is 0.534. The zero-order chi connectivity index (χ0) is 12.6. The van der Waals surface area contributed by atoms with E-state index in [-0.39, 0.29) is 17.6 Å². The summed E-state index contributed by atoms with van der Waals surface area (Å²) in [6, 6.07) is -0.596. The zero-order valence-electron chi connectivity index (χ0n) is 9.94. The molecule has 2 amide bonds. The predicted molar refractivity (Wildman–Crippen MR) is 60.7 cm³/mol. The number of amides is 2. The highest BCUT2D eigenvalue weighted by Crippen LogP contribution is 2.30. The largest absolute Gasteiger partial charge is 0.321 e. The van der Waals surface area contributed by atoms with Crippen LogP contribution in [-0.4, -0.2) is 23.6 Å². The summed E-state index contributed by atoms with van der Waals surface area (Å²) in [5, 5.41) is 2.19. The Morgan fingerprint density at radius 3 is 2.35 bits per heavy atom. The lowest BCUT2D eigenvalue weighted by atomic mass is 9.84. The van der Waals surface area contributed by atoms with E-state index in [1.807, 2.05) is 0 Å². The van der Waals surface area contributed by atoms with E-state index >= 15 is 0 Å². The van der Waals surface area contributed by atoms with Crippen molar-refractivity contribution in [3.8, 4) is 0 Å². The number of Topliss-reactive ketones (excluding diaryl/α,β-unsaturated/α-hetero) is 1. The van der Waals surface area contributed by atoms with E-state index in [2.05, 4.69) is 5.32 Å². The molecule has 1 heterocycles. The molecule has 17 heavy (non-hydrogen) atoms. The Morgan fingerprint density at radius 1 is 1.29 bits per heavy atom. The van der Waals surface area contributed by atoms with Crippen molar-refractivity contribution in [2.45, 2.75) is 38.6 Å². The van der Waals surface area contributed by atoms with E-state index in [1.165, 1.54) is 0 Å². The second-order valence-corrected chi connectivity index (χ2v) is 5.09. The maximum absolute atomic E-state index is 12.2. The van der Waals surface area contributed by atoms with Crippen LogP contribution in [0.2, 0.25) is 0 Å². The lowest BCUT2D eigenvalue weighted by Gasteiger charge is -2.21. The molecule has 0 aromatic carbocycles. The van der Waals surface area contributed by atoms with E-state index < -0.39 is 23.8 Å². The van der Waals surface area contributed by atoms with E-state index in [4.69, 9.17) is 5.73 Å². The fraction of sp³-hybridized carbons (Fsp3) is 0.750. The van der Waals surface area contributed by atoms with Crippen LogP contribution < -0.4 is 11.1 Å². The first-order valence-electron chi connectivity index (χ1n) is 6.16. The molecule has 1 saturated carbocycles. The predicted octanol–water partition coefficient (Wildman–Crippen LogP) is -0.0183. The van der Waals surface area contributed by atoms with Gasteiger partial charge in [0, 0.05) is 0 Å². The number of nitrogens with two attached hydrogens (primary N) is 1. The Labute approximate surface area is 100 Å². The Bertz CT molecular complexity index is 361.